The Morgan fingerprint density at radius 3 is 1.91 bits per heavy atom. The Hall–Kier alpha value is -3.46. The molecule has 0 saturated carbocycles. The second-order valence-electron chi connectivity index (χ2n) is 13.3. The molecule has 3 aromatic rings. The van der Waals surface area contributed by atoms with Crippen molar-refractivity contribution >= 4 is 24.5 Å². The predicted octanol–water partition coefficient (Wildman–Crippen LogP) is 5.60. The van der Waals surface area contributed by atoms with E-state index >= 15 is 0 Å². The molecular weight excluding hydrogens is 541 g/mol. The Balaban J connectivity index is 1.01. The number of carbonyl (C=O) groups excluding carboxylic acids is 2. The van der Waals surface area contributed by atoms with Crippen LogP contribution in [0.4, 0.5) is 4.79 Å². The molecule has 3 heterocycles. The van der Waals surface area contributed by atoms with Gasteiger partial charge in [-0.05, 0) is 68.3 Å². The first-order valence-electron chi connectivity index (χ1n) is 15.3. The van der Waals surface area contributed by atoms with Crippen LogP contribution in [0, 0.1) is 5.92 Å². The van der Waals surface area contributed by atoms with Crippen LogP contribution in [0.1, 0.15) is 67.9 Å². The normalized spacial score (nSPS) is 25.3. The quantitative estimate of drug-likeness (QED) is 0.290. The van der Waals surface area contributed by atoms with Gasteiger partial charge in [-0.15, -0.1) is 0 Å². The summed E-state index contributed by atoms with van der Waals surface area (Å²) in [6.07, 6.45) is 0.787. The summed E-state index contributed by atoms with van der Waals surface area (Å²) in [7, 11) is -0.467. The maximum Gasteiger partial charge on any atom is 0.494 e. The summed E-state index contributed by atoms with van der Waals surface area (Å²) in [5.41, 5.74) is 5.49. The van der Waals surface area contributed by atoms with Crippen LogP contribution in [0.2, 0.25) is 0 Å². The van der Waals surface area contributed by atoms with E-state index in [9.17, 15) is 9.59 Å². The molecular formula is C35H38BNO6. The van der Waals surface area contributed by atoms with Crippen LogP contribution in [0.15, 0.2) is 72.8 Å². The van der Waals surface area contributed by atoms with Gasteiger partial charge in [0.1, 0.15) is 6.61 Å². The third kappa shape index (κ3) is 4.90. The number of rotatable bonds is 5. The van der Waals surface area contributed by atoms with Crippen molar-refractivity contribution in [1.29, 1.82) is 0 Å². The lowest BCUT2D eigenvalue weighted by molar-refractivity contribution is -0.0747. The summed E-state index contributed by atoms with van der Waals surface area (Å²) in [4.78, 5) is 29.0. The summed E-state index contributed by atoms with van der Waals surface area (Å²) < 4.78 is 24.2. The van der Waals surface area contributed by atoms with Crippen LogP contribution in [-0.4, -0.2) is 67.0 Å². The summed E-state index contributed by atoms with van der Waals surface area (Å²) >= 11 is 0. The number of carbonyl (C=O) groups is 2. The fourth-order valence-electron chi connectivity index (χ4n) is 7.12. The topological polar surface area (TPSA) is 74.3 Å². The zero-order chi connectivity index (χ0) is 29.9. The van der Waals surface area contributed by atoms with Gasteiger partial charge < -0.3 is 18.8 Å². The minimum absolute atomic E-state index is 0.00621. The molecule has 2 bridgehead atoms. The second-order valence-corrected chi connectivity index (χ2v) is 13.3. The molecule has 0 aromatic heterocycles. The van der Waals surface area contributed by atoms with Crippen LogP contribution in [0.5, 0.6) is 0 Å². The fraction of sp³-hybridized carbons (Fsp3) is 0.429. The van der Waals surface area contributed by atoms with Crippen LogP contribution >= 0.6 is 0 Å². The lowest BCUT2D eigenvalue weighted by Crippen LogP contribution is -2.60. The average Bonchev–Trinajstić information content (AvgIpc) is 3.43. The van der Waals surface area contributed by atoms with Gasteiger partial charge in [0.2, 0.25) is 0 Å². The third-order valence-corrected chi connectivity index (χ3v) is 10.2. The molecule has 3 saturated heterocycles. The third-order valence-electron chi connectivity index (χ3n) is 10.2. The van der Waals surface area contributed by atoms with E-state index in [1.54, 1.807) is 0 Å². The number of ether oxygens (including phenoxy) is 2. The van der Waals surface area contributed by atoms with Crippen molar-refractivity contribution in [3.8, 4) is 11.1 Å². The number of hydrogen-bond acceptors (Lipinski definition) is 6. The van der Waals surface area contributed by atoms with Gasteiger partial charge in [0.15, 0.2) is 5.78 Å². The fourth-order valence-corrected chi connectivity index (χ4v) is 7.12. The maximum atomic E-state index is 13.6. The summed E-state index contributed by atoms with van der Waals surface area (Å²) in [6.45, 7) is 9.21. The van der Waals surface area contributed by atoms with E-state index < -0.39 is 18.3 Å². The van der Waals surface area contributed by atoms with E-state index in [1.165, 1.54) is 22.3 Å². The average molecular weight is 580 g/mol. The molecule has 0 N–H and O–H groups in total. The summed E-state index contributed by atoms with van der Waals surface area (Å²) in [5, 5.41) is 0. The Bertz CT molecular complexity index is 1480. The molecule has 43 heavy (non-hydrogen) atoms. The molecule has 3 fully saturated rings. The highest BCUT2D eigenvalue weighted by Gasteiger charge is 2.52. The predicted molar refractivity (Wildman–Crippen MR) is 165 cm³/mol. The Labute approximate surface area is 253 Å². The van der Waals surface area contributed by atoms with Gasteiger partial charge in [-0.3, -0.25) is 9.69 Å². The van der Waals surface area contributed by atoms with Crippen LogP contribution in [-0.2, 0) is 18.8 Å². The van der Waals surface area contributed by atoms with E-state index in [-0.39, 0.29) is 42.4 Å². The van der Waals surface area contributed by atoms with Crippen LogP contribution in [0.3, 0.4) is 0 Å². The smallest absolute Gasteiger partial charge is 0.448 e. The highest BCUT2D eigenvalue weighted by Crippen LogP contribution is 2.45. The molecule has 8 heteroatoms. The van der Waals surface area contributed by atoms with Crippen molar-refractivity contribution in [2.75, 3.05) is 19.8 Å². The molecule has 4 aliphatic rings. The molecule has 7 rings (SSSR count). The number of piperidine rings is 1. The van der Waals surface area contributed by atoms with Gasteiger partial charge in [0.25, 0.3) is 0 Å². The highest BCUT2D eigenvalue weighted by molar-refractivity contribution is 6.62. The lowest BCUT2D eigenvalue weighted by Gasteiger charge is -2.47. The summed E-state index contributed by atoms with van der Waals surface area (Å²) in [5.74, 6) is -0.0736. The minimum Gasteiger partial charge on any atom is -0.448 e. The second kappa shape index (κ2) is 10.6. The van der Waals surface area contributed by atoms with E-state index in [0.717, 1.165) is 5.46 Å². The number of ketones is 1. The number of morpholine rings is 1. The molecule has 1 aliphatic carbocycles. The minimum atomic E-state index is -0.467. The van der Waals surface area contributed by atoms with Crippen LogP contribution in [0.25, 0.3) is 11.1 Å². The Morgan fingerprint density at radius 2 is 1.35 bits per heavy atom. The first-order chi connectivity index (χ1) is 20.6. The molecule has 222 valence electrons. The van der Waals surface area contributed by atoms with Crippen molar-refractivity contribution in [2.24, 2.45) is 5.92 Å². The number of nitrogens with zero attached hydrogens (tertiary/aromatic N) is 1. The largest absolute Gasteiger partial charge is 0.494 e. The van der Waals surface area contributed by atoms with Gasteiger partial charge >= 0.3 is 13.2 Å². The molecule has 2 atom stereocenters. The first kappa shape index (κ1) is 28.3. The maximum absolute atomic E-state index is 13.6. The van der Waals surface area contributed by atoms with Gasteiger partial charge in [0.05, 0.1) is 36.5 Å². The zero-order valence-electron chi connectivity index (χ0n) is 25.2. The monoisotopic (exact) mass is 579 g/mol. The molecule has 1 amide bonds. The van der Waals surface area contributed by atoms with Crippen molar-refractivity contribution in [1.82, 2.24) is 4.90 Å². The van der Waals surface area contributed by atoms with Gasteiger partial charge in [-0.1, -0.05) is 72.8 Å². The van der Waals surface area contributed by atoms with E-state index in [2.05, 4.69) is 24.3 Å². The molecule has 3 aliphatic heterocycles. The number of amides is 1. The zero-order valence-corrected chi connectivity index (χ0v) is 25.2. The molecule has 7 nitrogen and oxygen atoms in total. The van der Waals surface area contributed by atoms with Crippen molar-refractivity contribution in [3.05, 3.63) is 89.5 Å². The van der Waals surface area contributed by atoms with Crippen molar-refractivity contribution in [3.63, 3.8) is 0 Å². The van der Waals surface area contributed by atoms with Gasteiger partial charge in [-0.25, -0.2) is 4.79 Å². The molecule has 0 spiro atoms. The molecule has 3 aromatic carbocycles. The molecule has 2 unspecified atom stereocenters. The van der Waals surface area contributed by atoms with Crippen LogP contribution < -0.4 is 5.46 Å². The van der Waals surface area contributed by atoms with Crippen molar-refractivity contribution < 1.29 is 28.4 Å². The highest BCUT2D eigenvalue weighted by atomic mass is 16.7. The summed E-state index contributed by atoms with van der Waals surface area (Å²) in [6, 6.07) is 23.9. The SMILES string of the molecule is CC1(C)OB(c2ccc(C(=O)C3CC4COCC(C3)N4C(=O)OCC3c4ccccc4-c4ccccc43)cc2)OC1(C)C. The Morgan fingerprint density at radius 1 is 0.814 bits per heavy atom. The lowest BCUT2D eigenvalue weighted by atomic mass is 9.77. The number of Topliss-reactive ketones (excluding diaryl/α,β-unsaturated/α-hetero) is 1. The number of benzene rings is 3. The van der Waals surface area contributed by atoms with Crippen molar-refractivity contribution in [2.45, 2.75) is 69.7 Å². The van der Waals surface area contributed by atoms with Gasteiger partial charge in [-0.2, -0.15) is 0 Å². The standard InChI is InChI=1S/C35H38BNO6/c1-34(2)35(3,4)43-36(42-34)24-15-13-22(14-16-24)32(38)23-17-25-19-40-20-26(18-23)37(25)33(39)41-21-31-29-11-7-5-9-27(29)28-10-6-8-12-30(28)31/h5-16,23,25-26,31H,17-21H2,1-4H3. The van der Waals surface area contributed by atoms with E-state index in [4.69, 9.17) is 18.8 Å². The van der Waals surface area contributed by atoms with E-state index in [1.807, 2.05) is 81.1 Å². The van der Waals surface area contributed by atoms with Gasteiger partial charge in [0, 0.05) is 17.4 Å². The first-order valence-corrected chi connectivity index (χ1v) is 15.3. The molecule has 0 radical (unpaired) electrons. The Kier molecular flexibility index (Phi) is 6.99. The van der Waals surface area contributed by atoms with E-state index in [0.29, 0.717) is 31.6 Å². The number of fused-ring (bicyclic) bond motifs is 5. The number of hydrogen-bond donors (Lipinski definition) is 0.